The average molecular weight is 333 g/mol. The largest absolute Gasteiger partial charge is 0.236 e. The Morgan fingerprint density at radius 2 is 1.74 bits per heavy atom. The molecular formula is C20H15NS2. The van der Waals surface area contributed by atoms with Crippen LogP contribution in [0.4, 0.5) is 0 Å². The van der Waals surface area contributed by atoms with Crippen molar-refractivity contribution in [2.24, 2.45) is 0 Å². The Hall–Kier alpha value is -2.10. The molecule has 0 aliphatic heterocycles. The summed E-state index contributed by atoms with van der Waals surface area (Å²) in [4.78, 5) is 6.10. The van der Waals surface area contributed by atoms with Crippen LogP contribution in [-0.2, 0) is 0 Å². The summed E-state index contributed by atoms with van der Waals surface area (Å²) in [5.74, 6) is 0. The zero-order valence-electron chi connectivity index (χ0n) is 12.7. The standard InChI is InChI=1S/C20H15NS2/c1-22-16-10-6-14(7-11-16)8-13-19-21-20-17-5-3-2-4-15(17)9-12-18(20)23-19/h2-13H,1H3/b13-8+. The lowest BCUT2D eigenvalue weighted by atomic mass is 10.1. The van der Waals surface area contributed by atoms with Gasteiger partial charge in [0.1, 0.15) is 5.01 Å². The van der Waals surface area contributed by atoms with Crippen molar-refractivity contribution in [2.45, 2.75) is 4.90 Å². The molecule has 0 aliphatic rings. The topological polar surface area (TPSA) is 12.9 Å². The Labute approximate surface area is 143 Å². The van der Waals surface area contributed by atoms with E-state index < -0.39 is 0 Å². The minimum atomic E-state index is 1.05. The summed E-state index contributed by atoms with van der Waals surface area (Å²) in [5, 5.41) is 3.52. The molecule has 0 amide bonds. The molecule has 0 saturated carbocycles. The first-order valence-corrected chi connectivity index (χ1v) is 9.48. The van der Waals surface area contributed by atoms with Gasteiger partial charge in [0.25, 0.3) is 0 Å². The third-order valence-corrected chi connectivity index (χ3v) is 5.56. The molecule has 0 radical (unpaired) electrons. The van der Waals surface area contributed by atoms with Crippen LogP contribution in [0, 0.1) is 0 Å². The van der Waals surface area contributed by atoms with Crippen LogP contribution in [0.25, 0.3) is 33.1 Å². The van der Waals surface area contributed by atoms with Crippen LogP contribution in [0.5, 0.6) is 0 Å². The van der Waals surface area contributed by atoms with Crippen molar-refractivity contribution in [3.05, 3.63) is 71.2 Å². The normalized spacial score (nSPS) is 11.7. The predicted molar refractivity (Wildman–Crippen MR) is 104 cm³/mol. The summed E-state index contributed by atoms with van der Waals surface area (Å²) in [6, 6.07) is 21.3. The van der Waals surface area contributed by atoms with E-state index in [2.05, 4.69) is 79.1 Å². The zero-order valence-corrected chi connectivity index (χ0v) is 14.3. The molecule has 0 saturated heterocycles. The van der Waals surface area contributed by atoms with Crippen molar-refractivity contribution in [3.63, 3.8) is 0 Å². The van der Waals surface area contributed by atoms with Gasteiger partial charge in [-0.2, -0.15) is 0 Å². The van der Waals surface area contributed by atoms with Gasteiger partial charge in [-0.25, -0.2) is 4.98 Å². The third-order valence-electron chi connectivity index (χ3n) is 3.83. The number of nitrogens with zero attached hydrogens (tertiary/aromatic N) is 1. The van der Waals surface area contributed by atoms with Gasteiger partial charge in [0.2, 0.25) is 0 Å². The van der Waals surface area contributed by atoms with Gasteiger partial charge in [-0.15, -0.1) is 23.1 Å². The van der Waals surface area contributed by atoms with E-state index in [9.17, 15) is 0 Å². The van der Waals surface area contributed by atoms with Crippen LogP contribution in [0.2, 0.25) is 0 Å². The minimum absolute atomic E-state index is 1.05. The smallest absolute Gasteiger partial charge is 0.117 e. The lowest BCUT2D eigenvalue weighted by molar-refractivity contribution is 1.45. The van der Waals surface area contributed by atoms with Gasteiger partial charge < -0.3 is 0 Å². The molecule has 0 spiro atoms. The fourth-order valence-corrected chi connectivity index (χ4v) is 3.93. The highest BCUT2D eigenvalue weighted by atomic mass is 32.2. The van der Waals surface area contributed by atoms with Crippen LogP contribution in [0.1, 0.15) is 10.6 Å². The number of thiazole rings is 1. The quantitative estimate of drug-likeness (QED) is 0.406. The van der Waals surface area contributed by atoms with Crippen molar-refractivity contribution in [1.29, 1.82) is 0 Å². The lowest BCUT2D eigenvalue weighted by Gasteiger charge is -1.96. The molecule has 0 aliphatic carbocycles. The molecule has 4 rings (SSSR count). The predicted octanol–water partition coefficient (Wildman–Crippen LogP) is 6.34. The maximum Gasteiger partial charge on any atom is 0.117 e. The first-order chi connectivity index (χ1) is 11.3. The number of aromatic nitrogens is 1. The monoisotopic (exact) mass is 333 g/mol. The van der Waals surface area contributed by atoms with E-state index in [1.165, 1.54) is 25.9 Å². The Morgan fingerprint density at radius 3 is 2.57 bits per heavy atom. The summed E-state index contributed by atoms with van der Waals surface area (Å²) in [7, 11) is 0. The summed E-state index contributed by atoms with van der Waals surface area (Å²) in [6.45, 7) is 0. The molecule has 1 nitrogen and oxygen atoms in total. The molecule has 0 bridgehead atoms. The number of rotatable bonds is 3. The fraction of sp³-hybridized carbons (Fsp3) is 0.0500. The van der Waals surface area contributed by atoms with Crippen molar-refractivity contribution in [2.75, 3.05) is 6.26 Å². The zero-order chi connectivity index (χ0) is 15.6. The molecule has 0 N–H and O–H groups in total. The molecule has 1 aromatic heterocycles. The van der Waals surface area contributed by atoms with Crippen molar-refractivity contribution >= 4 is 56.2 Å². The van der Waals surface area contributed by atoms with E-state index >= 15 is 0 Å². The molecule has 23 heavy (non-hydrogen) atoms. The van der Waals surface area contributed by atoms with Gasteiger partial charge >= 0.3 is 0 Å². The van der Waals surface area contributed by atoms with Gasteiger partial charge in [0.15, 0.2) is 0 Å². The first-order valence-electron chi connectivity index (χ1n) is 7.44. The summed E-state index contributed by atoms with van der Waals surface area (Å²) in [5.41, 5.74) is 2.30. The SMILES string of the molecule is CSc1ccc(/C=C/c2nc3c(ccc4ccccc43)s2)cc1. The first kappa shape index (κ1) is 14.5. The van der Waals surface area contributed by atoms with Crippen molar-refractivity contribution in [1.82, 2.24) is 4.98 Å². The summed E-state index contributed by atoms with van der Waals surface area (Å²) in [6.07, 6.45) is 6.33. The summed E-state index contributed by atoms with van der Waals surface area (Å²) >= 11 is 3.50. The van der Waals surface area contributed by atoms with E-state index in [1.807, 2.05) is 0 Å². The highest BCUT2D eigenvalue weighted by molar-refractivity contribution is 7.98. The molecule has 3 heteroatoms. The third kappa shape index (κ3) is 2.90. The van der Waals surface area contributed by atoms with E-state index in [0.717, 1.165) is 10.5 Å². The maximum absolute atomic E-state index is 4.82. The highest BCUT2D eigenvalue weighted by Gasteiger charge is 2.05. The molecule has 4 aromatic rings. The number of hydrogen-bond acceptors (Lipinski definition) is 3. The van der Waals surface area contributed by atoms with Crippen LogP contribution in [0.3, 0.4) is 0 Å². The molecule has 0 atom stereocenters. The Morgan fingerprint density at radius 1 is 0.913 bits per heavy atom. The molecule has 112 valence electrons. The average Bonchev–Trinajstić information content (AvgIpc) is 3.04. The van der Waals surface area contributed by atoms with E-state index in [-0.39, 0.29) is 0 Å². The van der Waals surface area contributed by atoms with Gasteiger partial charge in [0, 0.05) is 10.3 Å². The van der Waals surface area contributed by atoms with Crippen LogP contribution < -0.4 is 0 Å². The Kier molecular flexibility index (Phi) is 3.90. The van der Waals surface area contributed by atoms with Crippen LogP contribution >= 0.6 is 23.1 Å². The van der Waals surface area contributed by atoms with Gasteiger partial charge in [-0.1, -0.05) is 48.5 Å². The van der Waals surface area contributed by atoms with E-state index in [1.54, 1.807) is 23.1 Å². The Balaban J connectivity index is 1.71. The second-order valence-electron chi connectivity index (χ2n) is 5.29. The van der Waals surface area contributed by atoms with Crippen molar-refractivity contribution < 1.29 is 0 Å². The number of fused-ring (bicyclic) bond motifs is 3. The van der Waals surface area contributed by atoms with Crippen LogP contribution in [0.15, 0.2) is 65.6 Å². The molecule has 0 unspecified atom stereocenters. The van der Waals surface area contributed by atoms with Gasteiger partial charge in [0.05, 0.1) is 10.2 Å². The number of thioether (sulfide) groups is 1. The van der Waals surface area contributed by atoms with Gasteiger partial charge in [-0.3, -0.25) is 0 Å². The highest BCUT2D eigenvalue weighted by Crippen LogP contribution is 2.30. The number of hydrogen-bond donors (Lipinski definition) is 0. The molecular weight excluding hydrogens is 318 g/mol. The lowest BCUT2D eigenvalue weighted by Crippen LogP contribution is -1.75. The van der Waals surface area contributed by atoms with Crippen molar-refractivity contribution in [3.8, 4) is 0 Å². The second-order valence-corrected chi connectivity index (χ2v) is 7.23. The van der Waals surface area contributed by atoms with Gasteiger partial charge in [-0.05, 0) is 41.5 Å². The summed E-state index contributed by atoms with van der Waals surface area (Å²) < 4.78 is 1.24. The van der Waals surface area contributed by atoms with Crippen LogP contribution in [-0.4, -0.2) is 11.2 Å². The molecule has 3 aromatic carbocycles. The van der Waals surface area contributed by atoms with E-state index in [0.29, 0.717) is 0 Å². The minimum Gasteiger partial charge on any atom is -0.236 e. The molecule has 0 fully saturated rings. The Bertz CT molecular complexity index is 997. The number of benzene rings is 3. The fourth-order valence-electron chi connectivity index (χ4n) is 2.63. The molecule has 1 heterocycles. The van der Waals surface area contributed by atoms with E-state index in [4.69, 9.17) is 4.98 Å². The maximum atomic E-state index is 4.82. The second kappa shape index (κ2) is 6.19.